The lowest BCUT2D eigenvalue weighted by Crippen LogP contribution is -2.35. The number of hydrogen-bond donors (Lipinski definition) is 5. The Hall–Kier alpha value is -3.15. The highest BCUT2D eigenvalue weighted by Crippen LogP contribution is 2.26. The summed E-state index contributed by atoms with van der Waals surface area (Å²) in [5.74, 6) is 0. The van der Waals surface area contributed by atoms with Gasteiger partial charge in [-0.05, 0) is 62.2 Å². The average molecular weight is 463 g/mol. The van der Waals surface area contributed by atoms with Crippen LogP contribution in [0.4, 0.5) is 11.4 Å². The van der Waals surface area contributed by atoms with Crippen molar-refractivity contribution in [2.24, 2.45) is 10.7 Å². The SMILES string of the molecule is C=C/C(=C\C=C/NC1CCCCC1)NCCC(CC)N=CC(=CN)C1CNc2ccccc2N1. The Morgan fingerprint density at radius 3 is 2.76 bits per heavy atom. The summed E-state index contributed by atoms with van der Waals surface area (Å²) in [4.78, 5) is 4.84. The van der Waals surface area contributed by atoms with E-state index in [1.165, 1.54) is 32.1 Å². The number of rotatable bonds is 12. The van der Waals surface area contributed by atoms with E-state index in [1.807, 2.05) is 24.4 Å². The van der Waals surface area contributed by atoms with Crippen LogP contribution in [0.25, 0.3) is 0 Å². The first-order valence-corrected chi connectivity index (χ1v) is 12.8. The maximum atomic E-state index is 5.95. The van der Waals surface area contributed by atoms with Gasteiger partial charge < -0.3 is 27.0 Å². The molecule has 0 amide bonds. The van der Waals surface area contributed by atoms with Crippen LogP contribution in [0.15, 0.2) is 77.7 Å². The van der Waals surface area contributed by atoms with E-state index < -0.39 is 0 Å². The van der Waals surface area contributed by atoms with Gasteiger partial charge in [-0.25, -0.2) is 0 Å². The number of hydrogen-bond acceptors (Lipinski definition) is 6. The molecule has 184 valence electrons. The van der Waals surface area contributed by atoms with E-state index in [0.29, 0.717) is 6.04 Å². The van der Waals surface area contributed by atoms with E-state index in [0.717, 1.165) is 48.6 Å². The van der Waals surface area contributed by atoms with Gasteiger partial charge >= 0.3 is 0 Å². The molecule has 0 aromatic heterocycles. The van der Waals surface area contributed by atoms with Crippen molar-refractivity contribution in [1.29, 1.82) is 0 Å². The van der Waals surface area contributed by atoms with Crippen LogP contribution in [0.3, 0.4) is 0 Å². The molecule has 1 saturated carbocycles. The second kappa shape index (κ2) is 14.2. The highest BCUT2D eigenvalue weighted by atomic mass is 15.1. The van der Waals surface area contributed by atoms with Crippen molar-refractivity contribution in [3.63, 3.8) is 0 Å². The number of fused-ring (bicyclic) bond motifs is 1. The topological polar surface area (TPSA) is 86.5 Å². The number of anilines is 2. The third-order valence-corrected chi connectivity index (χ3v) is 6.59. The summed E-state index contributed by atoms with van der Waals surface area (Å²) < 4.78 is 0. The molecule has 0 bridgehead atoms. The van der Waals surface area contributed by atoms with Crippen molar-refractivity contribution >= 4 is 17.6 Å². The first-order chi connectivity index (χ1) is 16.7. The molecule has 2 atom stereocenters. The number of para-hydroxylation sites is 2. The lowest BCUT2D eigenvalue weighted by molar-refractivity contribution is 0.404. The van der Waals surface area contributed by atoms with Crippen LogP contribution >= 0.6 is 0 Å². The third-order valence-electron chi connectivity index (χ3n) is 6.59. The maximum absolute atomic E-state index is 5.95. The Labute approximate surface area is 205 Å². The molecule has 6 heteroatoms. The molecular weight excluding hydrogens is 420 g/mol. The number of benzene rings is 1. The number of nitrogens with zero attached hydrogens (tertiary/aromatic N) is 1. The van der Waals surface area contributed by atoms with Crippen molar-refractivity contribution in [3.8, 4) is 0 Å². The van der Waals surface area contributed by atoms with Crippen LogP contribution in [-0.2, 0) is 0 Å². The Balaban J connectivity index is 1.44. The largest absolute Gasteiger partial charge is 0.404 e. The quantitative estimate of drug-likeness (QED) is 0.221. The van der Waals surface area contributed by atoms with Crippen LogP contribution in [-0.4, -0.2) is 37.4 Å². The van der Waals surface area contributed by atoms with Gasteiger partial charge in [-0.3, -0.25) is 4.99 Å². The standard InChI is InChI=1S/C28H42N6/c1-3-23(13-10-17-30-25-11-6-5-7-12-25)31-18-16-24(4-2)32-20-22(19-29)28-21-33-26-14-8-9-15-27(26)34-28/h3,8-10,13-15,17,19-20,24-25,28,30-31,33-34H,1,4-7,11-12,16,18,21,29H2,2H3/b17-10-,22-19?,23-13+,32-20?. The fourth-order valence-corrected chi connectivity index (χ4v) is 4.43. The summed E-state index contributed by atoms with van der Waals surface area (Å²) in [5, 5.41) is 14.0. The Kier molecular flexibility index (Phi) is 10.6. The van der Waals surface area contributed by atoms with Gasteiger partial charge in [0.1, 0.15) is 0 Å². The second-order valence-electron chi connectivity index (χ2n) is 9.03. The van der Waals surface area contributed by atoms with Gasteiger partial charge in [0, 0.05) is 42.8 Å². The first-order valence-electron chi connectivity index (χ1n) is 12.8. The van der Waals surface area contributed by atoms with Crippen LogP contribution in [0.1, 0.15) is 51.9 Å². The Morgan fingerprint density at radius 1 is 1.24 bits per heavy atom. The lowest BCUT2D eigenvalue weighted by atomic mass is 9.96. The summed E-state index contributed by atoms with van der Waals surface area (Å²) in [7, 11) is 0. The van der Waals surface area contributed by atoms with Crippen molar-refractivity contribution in [2.75, 3.05) is 23.7 Å². The summed E-state index contributed by atoms with van der Waals surface area (Å²) >= 11 is 0. The normalized spacial score (nSPS) is 20.4. The van der Waals surface area contributed by atoms with Gasteiger partial charge in [-0.2, -0.15) is 0 Å². The predicted octanol–water partition coefficient (Wildman–Crippen LogP) is 5.07. The minimum Gasteiger partial charge on any atom is -0.404 e. The van der Waals surface area contributed by atoms with Gasteiger partial charge in [-0.1, -0.05) is 44.9 Å². The minimum atomic E-state index is 0.101. The molecule has 6 N–H and O–H groups in total. The first kappa shape index (κ1) is 25.5. The molecule has 6 nitrogen and oxygen atoms in total. The monoisotopic (exact) mass is 462 g/mol. The molecule has 1 aliphatic carbocycles. The average Bonchev–Trinajstić information content (AvgIpc) is 2.89. The highest BCUT2D eigenvalue weighted by molar-refractivity contribution is 5.83. The summed E-state index contributed by atoms with van der Waals surface area (Å²) in [6.07, 6.45) is 20.2. The van der Waals surface area contributed by atoms with Gasteiger partial charge in [0.25, 0.3) is 0 Å². The number of nitrogens with one attached hydrogen (secondary N) is 4. The van der Waals surface area contributed by atoms with Crippen molar-refractivity contribution in [2.45, 2.75) is 70.0 Å². The van der Waals surface area contributed by atoms with Crippen LogP contribution in [0, 0.1) is 0 Å². The van der Waals surface area contributed by atoms with Crippen molar-refractivity contribution in [3.05, 3.63) is 72.7 Å². The molecule has 1 aliphatic heterocycles. The molecule has 2 unspecified atom stereocenters. The molecular formula is C28H42N6. The lowest BCUT2D eigenvalue weighted by Gasteiger charge is -2.29. The van der Waals surface area contributed by atoms with E-state index in [9.17, 15) is 0 Å². The summed E-state index contributed by atoms with van der Waals surface area (Å²) in [5.41, 5.74) is 10.2. The molecule has 2 aliphatic rings. The summed E-state index contributed by atoms with van der Waals surface area (Å²) in [6, 6.07) is 9.19. The smallest absolute Gasteiger partial charge is 0.0716 e. The molecule has 3 rings (SSSR count). The fourth-order valence-electron chi connectivity index (χ4n) is 4.43. The highest BCUT2D eigenvalue weighted by Gasteiger charge is 2.19. The van der Waals surface area contributed by atoms with E-state index >= 15 is 0 Å². The minimum absolute atomic E-state index is 0.101. The predicted molar refractivity (Wildman–Crippen MR) is 147 cm³/mol. The number of allylic oxidation sites excluding steroid dienone is 3. The Bertz CT molecular complexity index is 879. The number of aliphatic imine (C=N–C) groups is 1. The van der Waals surface area contributed by atoms with Crippen molar-refractivity contribution in [1.82, 2.24) is 10.6 Å². The molecule has 1 heterocycles. The van der Waals surface area contributed by atoms with Gasteiger partial charge in [-0.15, -0.1) is 0 Å². The van der Waals surface area contributed by atoms with Crippen LogP contribution < -0.4 is 27.0 Å². The maximum Gasteiger partial charge on any atom is 0.0716 e. The molecule has 0 saturated heterocycles. The van der Waals surface area contributed by atoms with Crippen molar-refractivity contribution < 1.29 is 0 Å². The second-order valence-corrected chi connectivity index (χ2v) is 9.03. The fraction of sp³-hybridized carbons (Fsp3) is 0.464. The zero-order valence-corrected chi connectivity index (χ0v) is 20.6. The van der Waals surface area contributed by atoms with E-state index in [1.54, 1.807) is 6.20 Å². The summed E-state index contributed by atoms with van der Waals surface area (Å²) in [6.45, 7) is 7.73. The third kappa shape index (κ3) is 8.01. The van der Waals surface area contributed by atoms with Crippen LogP contribution in [0.5, 0.6) is 0 Å². The molecule has 1 aromatic carbocycles. The Morgan fingerprint density at radius 2 is 2.03 bits per heavy atom. The molecule has 0 spiro atoms. The van der Waals surface area contributed by atoms with Gasteiger partial charge in [0.15, 0.2) is 0 Å². The zero-order valence-electron chi connectivity index (χ0n) is 20.6. The molecule has 34 heavy (non-hydrogen) atoms. The zero-order chi connectivity index (χ0) is 24.0. The van der Waals surface area contributed by atoms with E-state index in [4.69, 9.17) is 10.7 Å². The molecule has 1 fully saturated rings. The molecule has 1 aromatic rings. The van der Waals surface area contributed by atoms with Gasteiger partial charge in [0.05, 0.1) is 23.5 Å². The number of nitrogens with two attached hydrogens (primary N) is 1. The van der Waals surface area contributed by atoms with Crippen LogP contribution in [0.2, 0.25) is 0 Å². The van der Waals surface area contributed by atoms with E-state index in [2.05, 4.69) is 65.3 Å². The van der Waals surface area contributed by atoms with E-state index in [-0.39, 0.29) is 12.1 Å². The van der Waals surface area contributed by atoms with Gasteiger partial charge in [0.2, 0.25) is 0 Å². The molecule has 0 radical (unpaired) electrons.